The molecule has 0 saturated heterocycles. The molecule has 1 aromatic heterocycles. The number of hydrogen-bond donors (Lipinski definition) is 1. The van der Waals surface area contributed by atoms with E-state index in [9.17, 15) is 9.59 Å². The molecule has 0 aliphatic carbocycles. The lowest BCUT2D eigenvalue weighted by Crippen LogP contribution is -2.26. The van der Waals surface area contributed by atoms with Crippen LogP contribution in [0.25, 0.3) is 0 Å². The number of amides is 1. The van der Waals surface area contributed by atoms with Gasteiger partial charge in [-0.15, -0.1) is 0 Å². The largest absolute Gasteiger partial charge is 0.469 e. The molecule has 7 heteroatoms. The normalized spacial score (nSPS) is 10.3. The molecule has 1 rings (SSSR count). The standard InChI is InChI=1S/C13H21N3O4/c1-3-5-10-15-12(20-16-10)7-4-6-11(17)14-9-8-13(18)19-2/h3-9H2,1-2H3,(H,14,17). The van der Waals surface area contributed by atoms with Crippen molar-refractivity contribution < 1.29 is 18.8 Å². The SMILES string of the molecule is CCCc1noc(CCCC(=O)NCCC(=O)OC)n1. The quantitative estimate of drug-likeness (QED) is 0.680. The number of methoxy groups -OCH3 is 1. The van der Waals surface area contributed by atoms with Crippen molar-refractivity contribution >= 4 is 11.9 Å². The Morgan fingerprint density at radius 1 is 1.30 bits per heavy atom. The first-order valence-corrected chi connectivity index (χ1v) is 6.80. The van der Waals surface area contributed by atoms with Gasteiger partial charge in [0.15, 0.2) is 5.82 Å². The third kappa shape index (κ3) is 6.31. The van der Waals surface area contributed by atoms with E-state index in [4.69, 9.17) is 4.52 Å². The number of carbonyl (C=O) groups is 2. The van der Waals surface area contributed by atoms with Gasteiger partial charge in [-0.05, 0) is 12.8 Å². The van der Waals surface area contributed by atoms with Crippen molar-refractivity contribution in [2.24, 2.45) is 0 Å². The van der Waals surface area contributed by atoms with E-state index >= 15 is 0 Å². The monoisotopic (exact) mass is 283 g/mol. The summed E-state index contributed by atoms with van der Waals surface area (Å²) in [5.74, 6) is 0.850. The number of esters is 1. The van der Waals surface area contributed by atoms with Crippen LogP contribution in [0.1, 0.15) is 44.3 Å². The first-order chi connectivity index (χ1) is 9.65. The number of hydrogen-bond acceptors (Lipinski definition) is 6. The Hall–Kier alpha value is -1.92. The van der Waals surface area contributed by atoms with Gasteiger partial charge in [0.25, 0.3) is 0 Å². The molecule has 112 valence electrons. The lowest BCUT2D eigenvalue weighted by Gasteiger charge is -2.03. The Morgan fingerprint density at radius 3 is 2.80 bits per heavy atom. The van der Waals surface area contributed by atoms with Crippen LogP contribution in [0, 0.1) is 0 Å². The lowest BCUT2D eigenvalue weighted by molar-refractivity contribution is -0.140. The third-order valence-electron chi connectivity index (χ3n) is 2.66. The molecule has 7 nitrogen and oxygen atoms in total. The van der Waals surface area contributed by atoms with E-state index in [0.29, 0.717) is 37.5 Å². The molecule has 0 fully saturated rings. The van der Waals surface area contributed by atoms with E-state index in [0.717, 1.165) is 12.8 Å². The summed E-state index contributed by atoms with van der Waals surface area (Å²) in [5, 5.41) is 6.50. The second-order valence-electron chi connectivity index (χ2n) is 4.38. The smallest absolute Gasteiger partial charge is 0.307 e. The highest BCUT2D eigenvalue weighted by atomic mass is 16.5. The van der Waals surface area contributed by atoms with Crippen LogP contribution in [0.4, 0.5) is 0 Å². The minimum absolute atomic E-state index is 0.0952. The van der Waals surface area contributed by atoms with Crippen LogP contribution in [0.15, 0.2) is 4.52 Å². The predicted molar refractivity (Wildman–Crippen MR) is 70.9 cm³/mol. The highest BCUT2D eigenvalue weighted by molar-refractivity contribution is 5.76. The van der Waals surface area contributed by atoms with Gasteiger partial charge in [-0.1, -0.05) is 12.1 Å². The maximum atomic E-state index is 11.5. The zero-order valence-electron chi connectivity index (χ0n) is 12.0. The second kappa shape index (κ2) is 9.06. The minimum Gasteiger partial charge on any atom is -0.469 e. The summed E-state index contributed by atoms with van der Waals surface area (Å²) in [6.45, 7) is 2.35. The van der Waals surface area contributed by atoms with E-state index in [1.165, 1.54) is 7.11 Å². The molecule has 0 aliphatic heterocycles. The van der Waals surface area contributed by atoms with Crippen molar-refractivity contribution in [1.29, 1.82) is 0 Å². The van der Waals surface area contributed by atoms with Gasteiger partial charge in [0.05, 0.1) is 13.5 Å². The third-order valence-corrected chi connectivity index (χ3v) is 2.66. The van der Waals surface area contributed by atoms with Crippen LogP contribution in [0.3, 0.4) is 0 Å². The fourth-order valence-corrected chi connectivity index (χ4v) is 1.61. The summed E-state index contributed by atoms with van der Waals surface area (Å²) in [4.78, 5) is 26.6. The topological polar surface area (TPSA) is 94.3 Å². The van der Waals surface area contributed by atoms with E-state index in [2.05, 4.69) is 27.1 Å². The molecule has 1 N–H and O–H groups in total. The number of nitrogens with zero attached hydrogens (tertiary/aromatic N) is 2. The van der Waals surface area contributed by atoms with Crippen LogP contribution in [0.5, 0.6) is 0 Å². The molecule has 0 aromatic carbocycles. The molecule has 1 heterocycles. The van der Waals surface area contributed by atoms with Crippen molar-refractivity contribution in [3.05, 3.63) is 11.7 Å². The number of aryl methyl sites for hydroxylation is 2. The molecular weight excluding hydrogens is 262 g/mol. The maximum Gasteiger partial charge on any atom is 0.307 e. The highest BCUT2D eigenvalue weighted by Gasteiger charge is 2.08. The highest BCUT2D eigenvalue weighted by Crippen LogP contribution is 2.04. The number of nitrogens with one attached hydrogen (secondary N) is 1. The van der Waals surface area contributed by atoms with Crippen molar-refractivity contribution in [2.75, 3.05) is 13.7 Å². The Kier molecular flexibility index (Phi) is 7.31. The van der Waals surface area contributed by atoms with Crippen LogP contribution in [0.2, 0.25) is 0 Å². The average Bonchev–Trinajstić information content (AvgIpc) is 2.86. The summed E-state index contributed by atoms with van der Waals surface area (Å²) < 4.78 is 9.55. The summed E-state index contributed by atoms with van der Waals surface area (Å²) in [6.07, 6.45) is 3.55. The molecule has 1 amide bonds. The van der Waals surface area contributed by atoms with Crippen LogP contribution < -0.4 is 5.32 Å². The molecule has 0 unspecified atom stereocenters. The van der Waals surface area contributed by atoms with Crippen molar-refractivity contribution in [3.8, 4) is 0 Å². The van der Waals surface area contributed by atoms with E-state index in [-0.39, 0.29) is 18.3 Å². The molecule has 20 heavy (non-hydrogen) atoms. The Bertz CT molecular complexity index is 431. The van der Waals surface area contributed by atoms with Gasteiger partial charge >= 0.3 is 5.97 Å². The van der Waals surface area contributed by atoms with Crippen molar-refractivity contribution in [1.82, 2.24) is 15.5 Å². The zero-order chi connectivity index (χ0) is 14.8. The Labute approximate surface area is 118 Å². The number of carbonyl (C=O) groups excluding carboxylic acids is 2. The first kappa shape index (κ1) is 16.1. The second-order valence-corrected chi connectivity index (χ2v) is 4.38. The van der Waals surface area contributed by atoms with Crippen molar-refractivity contribution in [2.45, 2.75) is 45.4 Å². The van der Waals surface area contributed by atoms with Gasteiger partial charge in [0.1, 0.15) is 0 Å². The first-order valence-electron chi connectivity index (χ1n) is 6.80. The average molecular weight is 283 g/mol. The predicted octanol–water partition coefficient (Wildman–Crippen LogP) is 1.02. The molecule has 0 spiro atoms. The van der Waals surface area contributed by atoms with Crippen LogP contribution in [-0.2, 0) is 27.2 Å². The molecule has 0 bridgehead atoms. The van der Waals surface area contributed by atoms with E-state index in [1.807, 2.05) is 0 Å². The fourth-order valence-electron chi connectivity index (χ4n) is 1.61. The van der Waals surface area contributed by atoms with E-state index in [1.54, 1.807) is 0 Å². The van der Waals surface area contributed by atoms with Gasteiger partial charge in [-0.2, -0.15) is 4.98 Å². The summed E-state index contributed by atoms with van der Waals surface area (Å²) in [5.41, 5.74) is 0. The van der Waals surface area contributed by atoms with Gasteiger partial charge < -0.3 is 14.6 Å². The van der Waals surface area contributed by atoms with Crippen LogP contribution >= 0.6 is 0 Å². The van der Waals surface area contributed by atoms with Gasteiger partial charge in [0.2, 0.25) is 11.8 Å². The summed E-state index contributed by atoms with van der Waals surface area (Å²) in [7, 11) is 1.32. The molecule has 0 aliphatic rings. The Balaban J connectivity index is 2.13. The van der Waals surface area contributed by atoms with E-state index < -0.39 is 0 Å². The number of rotatable bonds is 9. The van der Waals surface area contributed by atoms with Crippen molar-refractivity contribution in [3.63, 3.8) is 0 Å². The Morgan fingerprint density at radius 2 is 2.10 bits per heavy atom. The number of ether oxygens (including phenoxy) is 1. The van der Waals surface area contributed by atoms with Crippen LogP contribution in [-0.4, -0.2) is 35.7 Å². The summed E-state index contributed by atoms with van der Waals surface area (Å²) in [6, 6.07) is 0. The maximum absolute atomic E-state index is 11.5. The molecule has 0 saturated carbocycles. The van der Waals surface area contributed by atoms with Gasteiger partial charge in [-0.3, -0.25) is 9.59 Å². The minimum atomic E-state index is -0.334. The fraction of sp³-hybridized carbons (Fsp3) is 0.692. The summed E-state index contributed by atoms with van der Waals surface area (Å²) >= 11 is 0. The molecule has 1 aromatic rings. The van der Waals surface area contributed by atoms with Gasteiger partial charge in [-0.25, -0.2) is 0 Å². The zero-order valence-corrected chi connectivity index (χ0v) is 12.0. The molecular formula is C13H21N3O4. The number of aromatic nitrogens is 2. The van der Waals surface area contributed by atoms with Gasteiger partial charge in [0, 0.05) is 25.8 Å². The lowest BCUT2D eigenvalue weighted by atomic mass is 10.2. The molecule has 0 radical (unpaired) electrons. The molecule has 0 atom stereocenters.